The summed E-state index contributed by atoms with van der Waals surface area (Å²) in [7, 11) is 0. The highest BCUT2D eigenvalue weighted by atomic mass is 16.5. The van der Waals surface area contributed by atoms with Gasteiger partial charge >= 0.3 is 5.97 Å². The van der Waals surface area contributed by atoms with Crippen LogP contribution in [0.2, 0.25) is 0 Å². The third-order valence-corrected chi connectivity index (χ3v) is 3.41. The van der Waals surface area contributed by atoms with Gasteiger partial charge in [0.2, 0.25) is 0 Å². The molecule has 0 unspecified atom stereocenters. The summed E-state index contributed by atoms with van der Waals surface area (Å²) in [5.74, 6) is -0.278. The molecule has 2 aromatic carbocycles. The SMILES string of the molecule is CCOC(=O)Cc1ccc(CCNC(=O)c2ccccc2)cc1. The molecular formula is C19H21NO3. The van der Waals surface area contributed by atoms with E-state index in [9.17, 15) is 9.59 Å². The van der Waals surface area contributed by atoms with Crippen molar-refractivity contribution >= 4 is 11.9 Å². The molecule has 0 saturated heterocycles. The van der Waals surface area contributed by atoms with Gasteiger partial charge in [0.25, 0.3) is 5.91 Å². The molecule has 1 amide bonds. The summed E-state index contributed by atoms with van der Waals surface area (Å²) >= 11 is 0. The Hall–Kier alpha value is -2.62. The first-order valence-electron chi connectivity index (χ1n) is 7.75. The van der Waals surface area contributed by atoms with Gasteiger partial charge in [-0.25, -0.2) is 0 Å². The van der Waals surface area contributed by atoms with Crippen LogP contribution < -0.4 is 5.32 Å². The molecule has 0 heterocycles. The summed E-state index contributed by atoms with van der Waals surface area (Å²) in [5.41, 5.74) is 2.71. The largest absolute Gasteiger partial charge is 0.466 e. The van der Waals surface area contributed by atoms with Crippen molar-refractivity contribution < 1.29 is 14.3 Å². The molecule has 0 aliphatic heterocycles. The summed E-state index contributed by atoms with van der Waals surface area (Å²) in [6.45, 7) is 2.77. The van der Waals surface area contributed by atoms with Gasteiger partial charge in [-0.15, -0.1) is 0 Å². The fraction of sp³-hybridized carbons (Fsp3) is 0.263. The van der Waals surface area contributed by atoms with Gasteiger partial charge < -0.3 is 10.1 Å². The van der Waals surface area contributed by atoms with Gasteiger partial charge in [0.05, 0.1) is 13.0 Å². The van der Waals surface area contributed by atoms with E-state index in [2.05, 4.69) is 5.32 Å². The molecule has 4 heteroatoms. The molecule has 1 N–H and O–H groups in total. The van der Waals surface area contributed by atoms with Crippen molar-refractivity contribution in [2.75, 3.05) is 13.2 Å². The maximum atomic E-state index is 11.9. The molecule has 2 rings (SSSR count). The van der Waals surface area contributed by atoms with E-state index in [1.54, 1.807) is 19.1 Å². The first-order valence-corrected chi connectivity index (χ1v) is 7.75. The van der Waals surface area contributed by atoms with Crippen molar-refractivity contribution in [3.8, 4) is 0 Å². The molecule has 0 radical (unpaired) electrons. The van der Waals surface area contributed by atoms with E-state index in [-0.39, 0.29) is 11.9 Å². The number of carbonyl (C=O) groups is 2. The van der Waals surface area contributed by atoms with E-state index in [4.69, 9.17) is 4.74 Å². The van der Waals surface area contributed by atoms with E-state index >= 15 is 0 Å². The quantitative estimate of drug-likeness (QED) is 0.800. The highest BCUT2D eigenvalue weighted by molar-refractivity contribution is 5.94. The van der Waals surface area contributed by atoms with E-state index in [1.807, 2.05) is 42.5 Å². The lowest BCUT2D eigenvalue weighted by Crippen LogP contribution is -2.25. The second kappa shape index (κ2) is 8.73. The monoisotopic (exact) mass is 311 g/mol. The van der Waals surface area contributed by atoms with Gasteiger partial charge in [-0.1, -0.05) is 42.5 Å². The van der Waals surface area contributed by atoms with Gasteiger partial charge in [-0.2, -0.15) is 0 Å². The zero-order chi connectivity index (χ0) is 16.5. The number of ether oxygens (including phenoxy) is 1. The molecule has 0 saturated carbocycles. The lowest BCUT2D eigenvalue weighted by Gasteiger charge is -2.06. The summed E-state index contributed by atoms with van der Waals surface area (Å²) in [5, 5.41) is 2.90. The Bertz CT molecular complexity index is 635. The molecule has 4 nitrogen and oxygen atoms in total. The highest BCUT2D eigenvalue weighted by Crippen LogP contribution is 2.07. The van der Waals surface area contributed by atoms with Gasteiger partial charge in [-0.3, -0.25) is 9.59 Å². The zero-order valence-electron chi connectivity index (χ0n) is 13.2. The van der Waals surface area contributed by atoms with Crippen LogP contribution in [0.3, 0.4) is 0 Å². The average Bonchev–Trinajstić information content (AvgIpc) is 2.57. The maximum absolute atomic E-state index is 11.9. The molecular weight excluding hydrogens is 290 g/mol. The number of esters is 1. The number of nitrogens with one attached hydrogen (secondary N) is 1. The molecule has 0 aliphatic rings. The molecule has 0 aliphatic carbocycles. The average molecular weight is 311 g/mol. The molecule has 2 aromatic rings. The molecule has 0 fully saturated rings. The van der Waals surface area contributed by atoms with Crippen molar-refractivity contribution in [1.29, 1.82) is 0 Å². The summed E-state index contributed by atoms with van der Waals surface area (Å²) < 4.78 is 4.92. The second-order valence-electron chi connectivity index (χ2n) is 5.17. The Morgan fingerprint density at radius 2 is 1.61 bits per heavy atom. The predicted molar refractivity (Wildman–Crippen MR) is 89.3 cm³/mol. The molecule has 0 bridgehead atoms. The summed E-state index contributed by atoms with van der Waals surface area (Å²) in [6, 6.07) is 16.9. The van der Waals surface area contributed by atoms with E-state index in [0.717, 1.165) is 17.5 Å². The van der Waals surface area contributed by atoms with Crippen LogP contribution in [-0.2, 0) is 22.4 Å². The molecule has 0 atom stereocenters. The summed E-state index contributed by atoms with van der Waals surface area (Å²) in [6.07, 6.45) is 1.04. The van der Waals surface area contributed by atoms with Crippen LogP contribution in [0.15, 0.2) is 54.6 Å². The van der Waals surface area contributed by atoms with Crippen molar-refractivity contribution in [2.24, 2.45) is 0 Å². The Labute approximate surface area is 136 Å². The lowest BCUT2D eigenvalue weighted by atomic mass is 10.1. The van der Waals surface area contributed by atoms with Gasteiger partial charge in [0.1, 0.15) is 0 Å². The number of amides is 1. The van der Waals surface area contributed by atoms with Crippen molar-refractivity contribution in [1.82, 2.24) is 5.32 Å². The van der Waals surface area contributed by atoms with E-state index in [1.165, 1.54) is 0 Å². The molecule has 0 spiro atoms. The van der Waals surface area contributed by atoms with Crippen LogP contribution in [0, 0.1) is 0 Å². The first kappa shape index (κ1) is 16.7. The van der Waals surface area contributed by atoms with Crippen molar-refractivity contribution in [3.05, 3.63) is 71.3 Å². The highest BCUT2D eigenvalue weighted by Gasteiger charge is 2.05. The fourth-order valence-electron chi connectivity index (χ4n) is 2.21. The number of rotatable bonds is 7. The molecule has 23 heavy (non-hydrogen) atoms. The number of hydrogen-bond donors (Lipinski definition) is 1. The smallest absolute Gasteiger partial charge is 0.310 e. The van der Waals surface area contributed by atoms with Crippen LogP contribution in [0.5, 0.6) is 0 Å². The minimum atomic E-state index is -0.213. The van der Waals surface area contributed by atoms with Crippen molar-refractivity contribution in [3.63, 3.8) is 0 Å². The van der Waals surface area contributed by atoms with Gasteiger partial charge in [0.15, 0.2) is 0 Å². The lowest BCUT2D eigenvalue weighted by molar-refractivity contribution is -0.142. The first-order chi connectivity index (χ1) is 11.2. The predicted octanol–water partition coefficient (Wildman–Crippen LogP) is 2.76. The van der Waals surface area contributed by atoms with Crippen molar-refractivity contribution in [2.45, 2.75) is 19.8 Å². The van der Waals surface area contributed by atoms with Gasteiger partial charge in [0, 0.05) is 12.1 Å². The normalized spacial score (nSPS) is 10.1. The van der Waals surface area contributed by atoms with Crippen LogP contribution in [0.1, 0.15) is 28.4 Å². The summed E-state index contributed by atoms with van der Waals surface area (Å²) in [4.78, 5) is 23.3. The fourth-order valence-corrected chi connectivity index (χ4v) is 2.21. The Morgan fingerprint density at radius 1 is 0.957 bits per heavy atom. The minimum absolute atomic E-state index is 0.0652. The number of carbonyl (C=O) groups excluding carboxylic acids is 2. The van der Waals surface area contributed by atoms with E-state index < -0.39 is 0 Å². The van der Waals surface area contributed by atoms with Gasteiger partial charge in [-0.05, 0) is 36.6 Å². The Morgan fingerprint density at radius 3 is 2.26 bits per heavy atom. The standard InChI is InChI=1S/C19H21NO3/c1-2-23-18(21)14-16-10-8-15(9-11-16)12-13-20-19(22)17-6-4-3-5-7-17/h3-11H,2,12-14H2,1H3,(H,20,22). The van der Waals surface area contributed by atoms with E-state index in [0.29, 0.717) is 25.1 Å². The number of benzene rings is 2. The number of hydrogen-bond acceptors (Lipinski definition) is 3. The Kier molecular flexibility index (Phi) is 6.36. The van der Waals surface area contributed by atoms with Crippen LogP contribution >= 0.6 is 0 Å². The Balaban J connectivity index is 1.78. The third kappa shape index (κ3) is 5.58. The molecule has 120 valence electrons. The topological polar surface area (TPSA) is 55.4 Å². The zero-order valence-corrected chi connectivity index (χ0v) is 13.2. The van der Waals surface area contributed by atoms with Crippen LogP contribution in [-0.4, -0.2) is 25.0 Å². The minimum Gasteiger partial charge on any atom is -0.466 e. The van der Waals surface area contributed by atoms with Crippen LogP contribution in [0.4, 0.5) is 0 Å². The second-order valence-corrected chi connectivity index (χ2v) is 5.17. The third-order valence-electron chi connectivity index (χ3n) is 3.41. The molecule has 0 aromatic heterocycles. The van der Waals surface area contributed by atoms with Crippen LogP contribution in [0.25, 0.3) is 0 Å². The maximum Gasteiger partial charge on any atom is 0.310 e.